The molecule has 0 bridgehead atoms. The van der Waals surface area contributed by atoms with E-state index in [2.05, 4.69) is 20.8 Å². The summed E-state index contributed by atoms with van der Waals surface area (Å²) in [7, 11) is 0. The molecule has 0 unspecified atom stereocenters. The first-order valence-corrected chi connectivity index (χ1v) is 9.24. The Kier molecular flexibility index (Phi) is 5.37. The van der Waals surface area contributed by atoms with Crippen molar-refractivity contribution in [1.82, 2.24) is 14.8 Å². The van der Waals surface area contributed by atoms with Crippen molar-refractivity contribution in [1.29, 1.82) is 0 Å². The van der Waals surface area contributed by atoms with Gasteiger partial charge in [-0.1, -0.05) is 17.8 Å². The molecule has 0 radical (unpaired) electrons. The lowest BCUT2D eigenvalue weighted by Crippen LogP contribution is -2.16. The number of aromatic nitrogens is 3. The third-order valence-electron chi connectivity index (χ3n) is 3.79. The summed E-state index contributed by atoms with van der Waals surface area (Å²) in [5.41, 5.74) is 1.35. The first kappa shape index (κ1) is 17.5. The van der Waals surface area contributed by atoms with Gasteiger partial charge in [0.2, 0.25) is 11.8 Å². The molecule has 0 atom stereocenters. The maximum Gasteiger partial charge on any atom is 0.234 e. The van der Waals surface area contributed by atoms with Gasteiger partial charge in [0, 0.05) is 23.3 Å². The Morgan fingerprint density at radius 3 is 2.68 bits per heavy atom. The van der Waals surface area contributed by atoms with Crippen molar-refractivity contribution >= 4 is 35.0 Å². The lowest BCUT2D eigenvalue weighted by Gasteiger charge is -2.10. The van der Waals surface area contributed by atoms with Gasteiger partial charge in [-0.2, -0.15) is 0 Å². The van der Waals surface area contributed by atoms with Gasteiger partial charge in [-0.15, -0.1) is 10.2 Å². The molecule has 7 nitrogen and oxygen atoms in total. The normalized spacial score (nSPS) is 13.7. The van der Waals surface area contributed by atoms with E-state index >= 15 is 0 Å². The molecule has 1 aliphatic rings. The van der Waals surface area contributed by atoms with E-state index in [1.165, 1.54) is 11.8 Å². The zero-order valence-electron chi connectivity index (χ0n) is 14.2. The first-order valence-electron chi connectivity index (χ1n) is 8.26. The molecular weight excluding hydrogens is 338 g/mol. The summed E-state index contributed by atoms with van der Waals surface area (Å²) in [4.78, 5) is 24.0. The van der Waals surface area contributed by atoms with Gasteiger partial charge < -0.3 is 15.2 Å². The average Bonchev–Trinajstić information content (AvgIpc) is 3.31. The summed E-state index contributed by atoms with van der Waals surface area (Å²) >= 11 is 1.34. The molecule has 1 fully saturated rings. The average molecular weight is 359 g/mol. The largest absolute Gasteiger partial charge is 0.326 e. The second-order valence-electron chi connectivity index (χ2n) is 6.30. The highest BCUT2D eigenvalue weighted by Gasteiger charge is 2.29. The zero-order valence-corrected chi connectivity index (χ0v) is 15.0. The molecular formula is C17H21N5O2S. The molecule has 1 aliphatic carbocycles. The van der Waals surface area contributed by atoms with Gasteiger partial charge in [-0.3, -0.25) is 9.59 Å². The highest BCUT2D eigenvalue weighted by Crippen LogP contribution is 2.30. The summed E-state index contributed by atoms with van der Waals surface area (Å²) in [6, 6.07) is 7.43. The Balaban J connectivity index is 1.53. The second kappa shape index (κ2) is 7.69. The van der Waals surface area contributed by atoms with Crippen molar-refractivity contribution in [2.75, 3.05) is 16.4 Å². The molecule has 0 aliphatic heterocycles. The predicted molar refractivity (Wildman–Crippen MR) is 97.6 cm³/mol. The molecule has 2 N–H and O–H groups in total. The van der Waals surface area contributed by atoms with Crippen LogP contribution in [0.15, 0.2) is 35.7 Å². The summed E-state index contributed by atoms with van der Waals surface area (Å²) < 4.78 is 1.92. The van der Waals surface area contributed by atoms with E-state index in [-0.39, 0.29) is 29.5 Å². The Morgan fingerprint density at radius 1 is 1.28 bits per heavy atom. The monoisotopic (exact) mass is 359 g/mol. The molecule has 1 aromatic heterocycles. The molecule has 1 saturated carbocycles. The van der Waals surface area contributed by atoms with Gasteiger partial charge in [0.15, 0.2) is 5.16 Å². The fraction of sp³-hybridized carbons (Fsp3) is 0.412. The lowest BCUT2D eigenvalue weighted by atomic mass is 10.2. The van der Waals surface area contributed by atoms with Crippen molar-refractivity contribution in [3.8, 4) is 0 Å². The Morgan fingerprint density at radius 2 is 2.00 bits per heavy atom. The minimum atomic E-state index is -0.131. The van der Waals surface area contributed by atoms with Gasteiger partial charge in [0.25, 0.3) is 0 Å². The fourth-order valence-corrected chi connectivity index (χ4v) is 3.13. The molecule has 0 saturated heterocycles. The van der Waals surface area contributed by atoms with E-state index in [4.69, 9.17) is 0 Å². The highest BCUT2D eigenvalue weighted by atomic mass is 32.2. The van der Waals surface area contributed by atoms with E-state index in [0.717, 1.165) is 18.0 Å². The number of amides is 2. The van der Waals surface area contributed by atoms with Gasteiger partial charge in [-0.05, 0) is 44.9 Å². The molecule has 2 amide bonds. The van der Waals surface area contributed by atoms with Crippen LogP contribution in [0.3, 0.4) is 0 Å². The number of rotatable bonds is 7. The van der Waals surface area contributed by atoms with E-state index in [0.29, 0.717) is 11.4 Å². The van der Waals surface area contributed by atoms with Crippen LogP contribution in [0.2, 0.25) is 0 Å². The van der Waals surface area contributed by atoms with Gasteiger partial charge in [-0.25, -0.2) is 0 Å². The zero-order chi connectivity index (χ0) is 17.8. The van der Waals surface area contributed by atoms with Gasteiger partial charge >= 0.3 is 0 Å². The quantitative estimate of drug-likeness (QED) is 0.742. The van der Waals surface area contributed by atoms with Gasteiger partial charge in [0.1, 0.15) is 6.33 Å². The third-order valence-corrected chi connectivity index (χ3v) is 4.75. The van der Waals surface area contributed by atoms with Crippen LogP contribution < -0.4 is 10.6 Å². The van der Waals surface area contributed by atoms with Crippen LogP contribution in [0.25, 0.3) is 0 Å². The molecule has 3 rings (SSSR count). The summed E-state index contributed by atoms with van der Waals surface area (Å²) in [5.74, 6) is 0.304. The molecule has 25 heavy (non-hydrogen) atoms. The molecule has 0 spiro atoms. The van der Waals surface area contributed by atoms with Crippen molar-refractivity contribution in [3.05, 3.63) is 30.6 Å². The topological polar surface area (TPSA) is 88.9 Å². The summed E-state index contributed by atoms with van der Waals surface area (Å²) in [6.07, 6.45) is 3.58. The predicted octanol–water partition coefficient (Wildman–Crippen LogP) is 2.94. The van der Waals surface area contributed by atoms with Crippen LogP contribution >= 0.6 is 11.8 Å². The number of thioether (sulfide) groups is 1. The minimum absolute atomic E-state index is 0.0482. The number of nitrogens with zero attached hydrogens (tertiary/aromatic N) is 3. The van der Waals surface area contributed by atoms with Crippen LogP contribution in [0, 0.1) is 5.92 Å². The number of nitrogens with one attached hydrogen (secondary N) is 2. The van der Waals surface area contributed by atoms with Crippen molar-refractivity contribution in [2.45, 2.75) is 37.9 Å². The number of hydrogen-bond donors (Lipinski definition) is 2. The maximum absolute atomic E-state index is 12.2. The Labute approximate surface area is 150 Å². The summed E-state index contributed by atoms with van der Waals surface area (Å²) in [6.45, 7) is 4.07. The fourth-order valence-electron chi connectivity index (χ4n) is 2.28. The van der Waals surface area contributed by atoms with Crippen molar-refractivity contribution < 1.29 is 9.59 Å². The SMILES string of the molecule is CC(C)n1cnnc1SCC(=O)Nc1cccc(NC(=O)C2CC2)c1. The smallest absolute Gasteiger partial charge is 0.234 e. The molecule has 1 heterocycles. The van der Waals surface area contributed by atoms with Crippen LogP contribution in [-0.4, -0.2) is 32.3 Å². The number of hydrogen-bond acceptors (Lipinski definition) is 5. The van der Waals surface area contributed by atoms with Crippen LogP contribution in [-0.2, 0) is 9.59 Å². The van der Waals surface area contributed by atoms with Crippen molar-refractivity contribution in [2.24, 2.45) is 5.92 Å². The van der Waals surface area contributed by atoms with E-state index in [9.17, 15) is 9.59 Å². The molecule has 2 aromatic rings. The third kappa shape index (κ3) is 4.82. The minimum Gasteiger partial charge on any atom is -0.326 e. The number of carbonyl (C=O) groups is 2. The standard InChI is InChI=1S/C17H21N5O2S/c1-11(2)22-10-18-21-17(22)25-9-15(23)19-13-4-3-5-14(8-13)20-16(24)12-6-7-12/h3-5,8,10-12H,6-7,9H2,1-2H3,(H,19,23)(H,20,24). The van der Waals surface area contributed by atoms with Crippen LogP contribution in [0.1, 0.15) is 32.7 Å². The molecule has 1 aromatic carbocycles. The maximum atomic E-state index is 12.2. The van der Waals surface area contributed by atoms with E-state index in [1.54, 1.807) is 24.5 Å². The van der Waals surface area contributed by atoms with E-state index in [1.807, 2.05) is 24.5 Å². The number of anilines is 2. The number of benzene rings is 1. The Hall–Kier alpha value is -2.35. The highest BCUT2D eigenvalue weighted by molar-refractivity contribution is 7.99. The lowest BCUT2D eigenvalue weighted by molar-refractivity contribution is -0.117. The first-order chi connectivity index (χ1) is 12.0. The second-order valence-corrected chi connectivity index (χ2v) is 7.24. The van der Waals surface area contributed by atoms with Gasteiger partial charge in [0.05, 0.1) is 5.75 Å². The van der Waals surface area contributed by atoms with Crippen LogP contribution in [0.4, 0.5) is 11.4 Å². The summed E-state index contributed by atoms with van der Waals surface area (Å²) in [5, 5.41) is 14.4. The molecule has 8 heteroatoms. The van der Waals surface area contributed by atoms with Crippen molar-refractivity contribution in [3.63, 3.8) is 0 Å². The number of carbonyl (C=O) groups excluding carboxylic acids is 2. The van der Waals surface area contributed by atoms with E-state index < -0.39 is 0 Å². The molecule has 132 valence electrons. The Bertz CT molecular complexity index is 770. The van der Waals surface area contributed by atoms with Crippen LogP contribution in [0.5, 0.6) is 0 Å².